The SMILES string of the molecule is CC1OC(=O)Nc2cc3nc(-c4ccc(O)cc4)[nH]c3cc21. The van der Waals surface area contributed by atoms with Crippen LogP contribution < -0.4 is 5.32 Å². The second kappa shape index (κ2) is 4.49. The van der Waals surface area contributed by atoms with Crippen LogP contribution in [0.2, 0.25) is 0 Å². The number of phenols is 1. The van der Waals surface area contributed by atoms with Crippen LogP contribution in [0.25, 0.3) is 22.4 Å². The van der Waals surface area contributed by atoms with Crippen LogP contribution in [0.15, 0.2) is 36.4 Å². The molecule has 2 aromatic carbocycles. The highest BCUT2D eigenvalue weighted by Crippen LogP contribution is 2.34. The number of nitrogens with zero attached hydrogens (tertiary/aromatic N) is 1. The summed E-state index contributed by atoms with van der Waals surface area (Å²) in [4.78, 5) is 19.2. The van der Waals surface area contributed by atoms with Crippen molar-refractivity contribution in [3.05, 3.63) is 42.0 Å². The molecule has 3 aromatic rings. The van der Waals surface area contributed by atoms with E-state index in [1.807, 2.05) is 19.1 Å². The van der Waals surface area contributed by atoms with Crippen molar-refractivity contribution in [1.29, 1.82) is 0 Å². The number of amides is 1. The number of carbonyl (C=O) groups is 1. The number of rotatable bonds is 1. The third-order valence-electron chi connectivity index (χ3n) is 3.75. The van der Waals surface area contributed by atoms with Gasteiger partial charge in [-0.25, -0.2) is 9.78 Å². The Bertz CT molecular complexity index is 884. The minimum absolute atomic E-state index is 0.212. The highest BCUT2D eigenvalue weighted by molar-refractivity contribution is 5.93. The fourth-order valence-electron chi connectivity index (χ4n) is 2.64. The van der Waals surface area contributed by atoms with E-state index in [1.165, 1.54) is 0 Å². The summed E-state index contributed by atoms with van der Waals surface area (Å²) >= 11 is 0. The van der Waals surface area contributed by atoms with Crippen molar-refractivity contribution in [2.45, 2.75) is 13.0 Å². The number of aromatic nitrogens is 2. The van der Waals surface area contributed by atoms with Crippen LogP contribution in [0.5, 0.6) is 5.75 Å². The van der Waals surface area contributed by atoms with Crippen molar-refractivity contribution >= 4 is 22.8 Å². The Kier molecular flexibility index (Phi) is 2.59. The van der Waals surface area contributed by atoms with Gasteiger partial charge in [-0.2, -0.15) is 0 Å². The zero-order valence-electron chi connectivity index (χ0n) is 11.8. The van der Waals surface area contributed by atoms with E-state index < -0.39 is 6.09 Å². The van der Waals surface area contributed by atoms with E-state index in [1.54, 1.807) is 24.3 Å². The molecule has 0 bridgehead atoms. The molecule has 0 aliphatic carbocycles. The fourth-order valence-corrected chi connectivity index (χ4v) is 2.64. The zero-order valence-corrected chi connectivity index (χ0v) is 11.8. The first-order valence-corrected chi connectivity index (χ1v) is 6.91. The van der Waals surface area contributed by atoms with Crippen LogP contribution in [0.1, 0.15) is 18.6 Å². The van der Waals surface area contributed by atoms with Crippen LogP contribution >= 0.6 is 0 Å². The number of fused-ring (bicyclic) bond motifs is 2. The normalized spacial score (nSPS) is 17.0. The summed E-state index contributed by atoms with van der Waals surface area (Å²) in [5, 5.41) is 12.0. The second-order valence-corrected chi connectivity index (χ2v) is 5.26. The van der Waals surface area contributed by atoms with Gasteiger partial charge in [0.25, 0.3) is 0 Å². The van der Waals surface area contributed by atoms with E-state index in [2.05, 4.69) is 15.3 Å². The molecule has 0 fully saturated rings. The average molecular weight is 295 g/mol. The number of cyclic esters (lactones) is 1. The molecule has 1 atom stereocenters. The lowest BCUT2D eigenvalue weighted by Crippen LogP contribution is -2.22. The van der Waals surface area contributed by atoms with E-state index >= 15 is 0 Å². The number of carbonyl (C=O) groups excluding carboxylic acids is 1. The molecule has 1 unspecified atom stereocenters. The molecule has 1 aliphatic heterocycles. The number of H-pyrrole nitrogens is 1. The number of ether oxygens (including phenoxy) is 1. The summed E-state index contributed by atoms with van der Waals surface area (Å²) in [6.07, 6.45) is -0.748. The molecule has 6 nitrogen and oxygen atoms in total. The minimum Gasteiger partial charge on any atom is -0.508 e. The Hall–Kier alpha value is -3.02. The van der Waals surface area contributed by atoms with E-state index in [0.717, 1.165) is 27.8 Å². The maximum atomic E-state index is 11.4. The maximum absolute atomic E-state index is 11.4. The van der Waals surface area contributed by atoms with Gasteiger partial charge in [0.05, 0.1) is 16.7 Å². The van der Waals surface area contributed by atoms with Crippen molar-refractivity contribution in [1.82, 2.24) is 9.97 Å². The van der Waals surface area contributed by atoms with E-state index in [0.29, 0.717) is 5.82 Å². The number of benzene rings is 2. The monoisotopic (exact) mass is 295 g/mol. The Morgan fingerprint density at radius 2 is 2.00 bits per heavy atom. The van der Waals surface area contributed by atoms with Crippen LogP contribution in [-0.2, 0) is 4.74 Å². The van der Waals surface area contributed by atoms with Crippen LogP contribution in [0.4, 0.5) is 10.5 Å². The van der Waals surface area contributed by atoms with Gasteiger partial charge in [-0.15, -0.1) is 0 Å². The Labute approximate surface area is 125 Å². The summed E-state index contributed by atoms with van der Waals surface area (Å²) in [6, 6.07) is 10.6. The number of aromatic hydroxyl groups is 1. The number of nitrogens with one attached hydrogen (secondary N) is 2. The Balaban J connectivity index is 1.84. The highest BCUT2D eigenvalue weighted by atomic mass is 16.6. The first-order chi connectivity index (χ1) is 10.6. The maximum Gasteiger partial charge on any atom is 0.412 e. The van der Waals surface area contributed by atoms with Gasteiger partial charge in [-0.3, -0.25) is 5.32 Å². The van der Waals surface area contributed by atoms with Crippen molar-refractivity contribution < 1.29 is 14.6 Å². The smallest absolute Gasteiger partial charge is 0.412 e. The first kappa shape index (κ1) is 12.7. The van der Waals surface area contributed by atoms with Gasteiger partial charge in [-0.1, -0.05) is 0 Å². The number of anilines is 1. The molecule has 1 aliphatic rings. The summed E-state index contributed by atoms with van der Waals surface area (Å²) in [5.41, 5.74) is 4.14. The lowest BCUT2D eigenvalue weighted by atomic mass is 10.1. The third kappa shape index (κ3) is 1.96. The molecule has 1 aromatic heterocycles. The minimum atomic E-state index is -0.450. The zero-order chi connectivity index (χ0) is 15.3. The average Bonchev–Trinajstić information content (AvgIpc) is 2.89. The number of aromatic amines is 1. The van der Waals surface area contributed by atoms with E-state index in [4.69, 9.17) is 4.74 Å². The van der Waals surface area contributed by atoms with Crippen molar-refractivity contribution in [3.8, 4) is 17.1 Å². The molecule has 0 saturated heterocycles. The molecule has 0 radical (unpaired) electrons. The van der Waals surface area contributed by atoms with Crippen molar-refractivity contribution in [3.63, 3.8) is 0 Å². The number of phenolic OH excluding ortho intramolecular Hbond substituents is 1. The molecule has 2 heterocycles. The lowest BCUT2D eigenvalue weighted by Gasteiger charge is -2.23. The van der Waals surface area contributed by atoms with Crippen LogP contribution in [0, 0.1) is 0 Å². The van der Waals surface area contributed by atoms with Gasteiger partial charge in [0.15, 0.2) is 0 Å². The fraction of sp³-hybridized carbons (Fsp3) is 0.125. The number of hydrogen-bond donors (Lipinski definition) is 3. The van der Waals surface area contributed by atoms with E-state index in [9.17, 15) is 9.90 Å². The van der Waals surface area contributed by atoms with Gasteiger partial charge < -0.3 is 14.8 Å². The third-order valence-corrected chi connectivity index (χ3v) is 3.75. The Morgan fingerprint density at radius 1 is 1.23 bits per heavy atom. The largest absolute Gasteiger partial charge is 0.508 e. The first-order valence-electron chi connectivity index (χ1n) is 6.91. The molecule has 0 saturated carbocycles. The Morgan fingerprint density at radius 3 is 2.77 bits per heavy atom. The quantitative estimate of drug-likeness (QED) is 0.640. The predicted molar refractivity (Wildman–Crippen MR) is 81.7 cm³/mol. The van der Waals surface area contributed by atoms with Gasteiger partial charge >= 0.3 is 6.09 Å². The van der Waals surface area contributed by atoms with Gasteiger partial charge in [0.1, 0.15) is 17.7 Å². The van der Waals surface area contributed by atoms with Crippen molar-refractivity contribution in [2.24, 2.45) is 0 Å². The highest BCUT2D eigenvalue weighted by Gasteiger charge is 2.23. The lowest BCUT2D eigenvalue weighted by molar-refractivity contribution is 0.117. The molecule has 1 amide bonds. The van der Waals surface area contributed by atoms with E-state index in [-0.39, 0.29) is 11.9 Å². The molecular weight excluding hydrogens is 282 g/mol. The topological polar surface area (TPSA) is 87.2 Å². The number of imidazole rings is 1. The molecule has 110 valence electrons. The molecule has 6 heteroatoms. The molecule has 4 rings (SSSR count). The van der Waals surface area contributed by atoms with Crippen LogP contribution in [-0.4, -0.2) is 21.2 Å². The summed E-state index contributed by atoms with van der Waals surface area (Å²) in [6.45, 7) is 1.83. The summed E-state index contributed by atoms with van der Waals surface area (Å²) in [7, 11) is 0. The predicted octanol–water partition coefficient (Wildman–Crippen LogP) is 3.56. The summed E-state index contributed by atoms with van der Waals surface area (Å²) in [5.74, 6) is 0.918. The van der Waals surface area contributed by atoms with Crippen LogP contribution in [0.3, 0.4) is 0 Å². The van der Waals surface area contributed by atoms with Gasteiger partial charge in [-0.05, 0) is 43.3 Å². The second-order valence-electron chi connectivity index (χ2n) is 5.26. The van der Waals surface area contributed by atoms with Gasteiger partial charge in [0, 0.05) is 11.1 Å². The molecule has 0 spiro atoms. The molecular formula is C16H13N3O3. The van der Waals surface area contributed by atoms with Gasteiger partial charge in [0.2, 0.25) is 0 Å². The standard InChI is InChI=1S/C16H13N3O3/c1-8-11-6-13-14(7-12(11)19-16(21)22-8)18-15(17-13)9-2-4-10(20)5-3-9/h2-8,20H,1H3,(H,17,18)(H,19,21). The number of hydrogen-bond acceptors (Lipinski definition) is 4. The molecule has 22 heavy (non-hydrogen) atoms. The van der Waals surface area contributed by atoms with Crippen molar-refractivity contribution in [2.75, 3.05) is 5.32 Å². The summed E-state index contributed by atoms with van der Waals surface area (Å²) < 4.78 is 5.15. The molecule has 3 N–H and O–H groups in total.